The van der Waals surface area contributed by atoms with Gasteiger partial charge in [0.15, 0.2) is 17.5 Å². The molecule has 0 bridgehead atoms. The largest absolute Gasteiger partial charge is 0.511 e. The quantitative estimate of drug-likeness (QED) is 0.304. The van der Waals surface area contributed by atoms with Crippen LogP contribution in [0.4, 0.5) is 39.4 Å². The predicted molar refractivity (Wildman–Crippen MR) is 118 cm³/mol. The Balaban J connectivity index is 1.62. The fraction of sp³-hybridized carbons (Fsp3) is 0.333. The van der Waals surface area contributed by atoms with Crippen molar-refractivity contribution in [1.29, 1.82) is 0 Å². The van der Waals surface area contributed by atoms with Gasteiger partial charge in [-0.3, -0.25) is 5.10 Å². The molecule has 4 rings (SSSR count). The molecule has 8 nitrogen and oxygen atoms in total. The number of halogens is 5. The molecule has 1 atom stereocenters. The van der Waals surface area contributed by atoms with Crippen molar-refractivity contribution in [2.75, 3.05) is 10.6 Å². The minimum Gasteiger partial charge on any atom is -0.363 e. The molecule has 2 heterocycles. The summed E-state index contributed by atoms with van der Waals surface area (Å²) in [6.45, 7) is 0.795. The number of alkyl halides is 3. The van der Waals surface area contributed by atoms with Gasteiger partial charge < -0.3 is 10.6 Å². The highest BCUT2D eigenvalue weighted by Gasteiger charge is 2.45. The van der Waals surface area contributed by atoms with Crippen LogP contribution >= 0.6 is 0 Å². The zero-order valence-corrected chi connectivity index (χ0v) is 19.1. The molecule has 0 aliphatic heterocycles. The molecule has 4 N–H and O–H groups in total. The van der Waals surface area contributed by atoms with Crippen LogP contribution in [0.5, 0.6) is 0 Å². The van der Waals surface area contributed by atoms with Crippen LogP contribution in [0, 0.1) is 11.6 Å². The zero-order chi connectivity index (χ0) is 25.4. The Morgan fingerprint density at radius 1 is 1.11 bits per heavy atom. The minimum absolute atomic E-state index is 0.0754. The Bertz CT molecular complexity index is 1310. The lowest BCUT2D eigenvalue weighted by Gasteiger charge is -2.19. The van der Waals surface area contributed by atoms with E-state index in [2.05, 4.69) is 25.8 Å². The molecule has 1 aliphatic carbocycles. The van der Waals surface area contributed by atoms with Gasteiger partial charge in [0.2, 0.25) is 0 Å². The molecule has 0 spiro atoms. The van der Waals surface area contributed by atoms with Crippen LogP contribution in [-0.2, 0) is 16.6 Å². The maximum Gasteiger partial charge on any atom is 0.511 e. The van der Waals surface area contributed by atoms with Gasteiger partial charge >= 0.3 is 15.5 Å². The van der Waals surface area contributed by atoms with E-state index >= 15 is 0 Å². The number of pyridine rings is 1. The van der Waals surface area contributed by atoms with E-state index in [1.54, 1.807) is 13.0 Å². The third-order valence-corrected chi connectivity index (χ3v) is 6.53. The number of hydrogen-bond donors (Lipinski definition) is 4. The Morgan fingerprint density at radius 3 is 2.43 bits per heavy atom. The summed E-state index contributed by atoms with van der Waals surface area (Å²) in [5, 5.41) is 12.6. The van der Waals surface area contributed by atoms with Crippen molar-refractivity contribution >= 4 is 27.5 Å². The smallest absolute Gasteiger partial charge is 0.363 e. The lowest BCUT2D eigenvalue weighted by atomic mass is 10.1. The van der Waals surface area contributed by atoms with Gasteiger partial charge in [0.05, 0.1) is 0 Å². The molecule has 2 aromatic heterocycles. The van der Waals surface area contributed by atoms with Crippen molar-refractivity contribution < 1.29 is 30.4 Å². The second-order valence-corrected chi connectivity index (χ2v) is 9.88. The van der Waals surface area contributed by atoms with Crippen molar-refractivity contribution in [1.82, 2.24) is 19.9 Å². The SMILES string of the molecule is C[C@H](Nc1nc(Nc2cc(C3CC3)[nH]n2)c(F)cc1CNS(=O)(=O)C(F)(F)F)c1ccc(F)cc1. The van der Waals surface area contributed by atoms with E-state index in [0.29, 0.717) is 17.3 Å². The van der Waals surface area contributed by atoms with Crippen LogP contribution in [0.2, 0.25) is 0 Å². The van der Waals surface area contributed by atoms with E-state index in [4.69, 9.17) is 0 Å². The number of sulfonamides is 1. The average Bonchev–Trinajstić information content (AvgIpc) is 3.53. The number of H-pyrrole nitrogens is 1. The summed E-state index contributed by atoms with van der Waals surface area (Å²) < 4.78 is 90.6. The van der Waals surface area contributed by atoms with Gasteiger partial charge in [-0.05, 0) is 43.5 Å². The summed E-state index contributed by atoms with van der Waals surface area (Å²) in [6, 6.07) is 7.49. The summed E-state index contributed by atoms with van der Waals surface area (Å²) in [7, 11) is -5.67. The number of nitrogens with one attached hydrogen (secondary N) is 4. The Labute approximate surface area is 197 Å². The minimum atomic E-state index is -5.67. The summed E-state index contributed by atoms with van der Waals surface area (Å²) in [6.07, 6.45) is 2.04. The van der Waals surface area contributed by atoms with E-state index in [1.807, 2.05) is 0 Å². The molecule has 0 radical (unpaired) electrons. The van der Waals surface area contributed by atoms with E-state index in [-0.39, 0.29) is 17.2 Å². The molecule has 0 saturated heterocycles. The Kier molecular flexibility index (Phi) is 6.68. The molecule has 188 valence electrons. The third kappa shape index (κ3) is 5.88. The van der Waals surface area contributed by atoms with Crippen molar-refractivity contribution in [3.05, 3.63) is 64.9 Å². The van der Waals surface area contributed by atoms with Gasteiger partial charge in [-0.2, -0.15) is 18.3 Å². The molecule has 1 aliphatic rings. The second-order valence-electron chi connectivity index (χ2n) is 8.12. The Morgan fingerprint density at radius 2 is 1.80 bits per heavy atom. The first-order chi connectivity index (χ1) is 16.4. The first kappa shape index (κ1) is 24.9. The number of rotatable bonds is 9. The molecule has 0 amide bonds. The first-order valence-electron chi connectivity index (χ1n) is 10.5. The number of benzene rings is 1. The molecule has 1 fully saturated rings. The fourth-order valence-electron chi connectivity index (χ4n) is 3.29. The van der Waals surface area contributed by atoms with Crippen LogP contribution in [0.3, 0.4) is 0 Å². The van der Waals surface area contributed by atoms with E-state index in [0.717, 1.165) is 24.6 Å². The van der Waals surface area contributed by atoms with Crippen molar-refractivity contribution in [2.45, 2.75) is 43.8 Å². The monoisotopic (exact) mass is 516 g/mol. The van der Waals surface area contributed by atoms with Gasteiger partial charge in [0.25, 0.3) is 0 Å². The molecule has 1 aromatic carbocycles. The normalized spacial score (nSPS) is 15.1. The lowest BCUT2D eigenvalue weighted by Crippen LogP contribution is -2.36. The molecule has 1 saturated carbocycles. The number of anilines is 3. The fourth-order valence-corrected chi connectivity index (χ4v) is 3.80. The summed E-state index contributed by atoms with van der Waals surface area (Å²) in [5.41, 5.74) is -4.21. The number of nitrogens with zero attached hydrogens (tertiary/aromatic N) is 2. The average molecular weight is 516 g/mol. The highest BCUT2D eigenvalue weighted by molar-refractivity contribution is 7.90. The predicted octanol–water partition coefficient (Wildman–Crippen LogP) is 4.82. The van der Waals surface area contributed by atoms with Crippen molar-refractivity contribution in [2.24, 2.45) is 0 Å². The first-order valence-corrected chi connectivity index (χ1v) is 12.0. The van der Waals surface area contributed by atoms with Crippen molar-refractivity contribution in [3.8, 4) is 0 Å². The summed E-state index contributed by atoms with van der Waals surface area (Å²) >= 11 is 0. The highest BCUT2D eigenvalue weighted by Crippen LogP contribution is 2.39. The second kappa shape index (κ2) is 9.41. The van der Waals surface area contributed by atoms with Crippen LogP contribution < -0.4 is 15.4 Å². The van der Waals surface area contributed by atoms with E-state index in [9.17, 15) is 30.4 Å². The molecular formula is C21H21F5N6O2S. The van der Waals surface area contributed by atoms with Crippen LogP contribution in [0.15, 0.2) is 36.4 Å². The summed E-state index contributed by atoms with van der Waals surface area (Å²) in [4.78, 5) is 4.14. The molecule has 35 heavy (non-hydrogen) atoms. The van der Waals surface area contributed by atoms with Gasteiger partial charge in [0, 0.05) is 35.8 Å². The lowest BCUT2D eigenvalue weighted by molar-refractivity contribution is -0.0448. The van der Waals surface area contributed by atoms with Crippen LogP contribution in [0.1, 0.15) is 48.5 Å². The molecule has 3 aromatic rings. The van der Waals surface area contributed by atoms with Gasteiger partial charge in [-0.1, -0.05) is 12.1 Å². The molecule has 14 heteroatoms. The van der Waals surface area contributed by atoms with Gasteiger partial charge in [-0.15, -0.1) is 0 Å². The Hall–Kier alpha value is -3.26. The van der Waals surface area contributed by atoms with E-state index < -0.39 is 39.8 Å². The van der Waals surface area contributed by atoms with Crippen LogP contribution in [-0.4, -0.2) is 29.1 Å². The van der Waals surface area contributed by atoms with Crippen molar-refractivity contribution in [3.63, 3.8) is 0 Å². The molecule has 0 unspecified atom stereocenters. The third-order valence-electron chi connectivity index (χ3n) is 5.40. The maximum atomic E-state index is 14.8. The number of aromatic amines is 1. The molecular weight excluding hydrogens is 495 g/mol. The van der Waals surface area contributed by atoms with Gasteiger partial charge in [-0.25, -0.2) is 26.9 Å². The zero-order valence-electron chi connectivity index (χ0n) is 18.2. The number of aromatic nitrogens is 3. The number of hydrogen-bond acceptors (Lipinski definition) is 6. The van der Waals surface area contributed by atoms with Gasteiger partial charge in [0.1, 0.15) is 11.6 Å². The highest BCUT2D eigenvalue weighted by atomic mass is 32.2. The summed E-state index contributed by atoms with van der Waals surface area (Å²) in [5.74, 6) is -1.07. The van der Waals surface area contributed by atoms with E-state index in [1.165, 1.54) is 29.0 Å². The van der Waals surface area contributed by atoms with Crippen LogP contribution in [0.25, 0.3) is 0 Å². The maximum absolute atomic E-state index is 14.8. The topological polar surface area (TPSA) is 112 Å². The standard InChI is InChI=1S/C21H21F5N6O2S/c1-11(12-4-6-15(22)7-5-12)28-19-14(10-27-35(33,34)21(24,25)26)8-16(23)20(30-19)29-18-9-17(31-32-18)13-2-3-13/h4-9,11,13,27H,2-3,10H2,1H3,(H3,28,29,30,31,32)/t11-/m0/s1.